The fourth-order valence-corrected chi connectivity index (χ4v) is 1.77. The zero-order valence-electron chi connectivity index (χ0n) is 11.0. The summed E-state index contributed by atoms with van der Waals surface area (Å²) in [5.41, 5.74) is 7.56. The fourth-order valence-electron chi connectivity index (χ4n) is 1.77. The normalized spacial score (nSPS) is 11.6. The van der Waals surface area contributed by atoms with Crippen LogP contribution in [0.25, 0.3) is 11.3 Å². The first-order chi connectivity index (χ1) is 8.58. The van der Waals surface area contributed by atoms with Gasteiger partial charge in [-0.25, -0.2) is 4.98 Å². The molecule has 0 bridgehead atoms. The minimum absolute atomic E-state index is 0.153. The predicted octanol–water partition coefficient (Wildman–Crippen LogP) is 2.32. The standard InChI is InChI=1S/C14H19N3O/c1-14(2,9-15)13-16-8-11(17-13)10-6-4-5-7-12(10)18-3/h4-8H,9,15H2,1-3H3,(H,16,17). The van der Waals surface area contributed by atoms with Crippen molar-refractivity contribution >= 4 is 0 Å². The van der Waals surface area contributed by atoms with Gasteiger partial charge in [0.25, 0.3) is 0 Å². The molecular formula is C14H19N3O. The zero-order chi connectivity index (χ0) is 13.2. The van der Waals surface area contributed by atoms with E-state index < -0.39 is 0 Å². The van der Waals surface area contributed by atoms with E-state index in [2.05, 4.69) is 23.8 Å². The molecule has 1 heterocycles. The smallest absolute Gasteiger partial charge is 0.128 e. The number of aromatic nitrogens is 2. The number of H-pyrrole nitrogens is 1. The van der Waals surface area contributed by atoms with Gasteiger partial charge in [0, 0.05) is 17.5 Å². The molecule has 3 N–H and O–H groups in total. The Bertz CT molecular complexity index is 531. The van der Waals surface area contributed by atoms with Crippen molar-refractivity contribution in [3.63, 3.8) is 0 Å². The second-order valence-electron chi connectivity index (χ2n) is 4.93. The molecule has 1 aromatic carbocycles. The number of hydrogen-bond donors (Lipinski definition) is 2. The first-order valence-corrected chi connectivity index (χ1v) is 5.97. The van der Waals surface area contributed by atoms with Crippen molar-refractivity contribution in [2.24, 2.45) is 5.73 Å². The third kappa shape index (κ3) is 2.24. The number of aromatic amines is 1. The Hall–Kier alpha value is -1.81. The number of benzene rings is 1. The number of hydrogen-bond acceptors (Lipinski definition) is 3. The summed E-state index contributed by atoms with van der Waals surface area (Å²) in [4.78, 5) is 7.74. The topological polar surface area (TPSA) is 63.9 Å². The van der Waals surface area contributed by atoms with Crippen LogP contribution in [0.5, 0.6) is 5.75 Å². The molecule has 4 nitrogen and oxygen atoms in total. The Morgan fingerprint density at radius 3 is 2.72 bits per heavy atom. The van der Waals surface area contributed by atoms with Crippen LogP contribution >= 0.6 is 0 Å². The van der Waals surface area contributed by atoms with Crippen LogP contribution in [-0.2, 0) is 5.41 Å². The van der Waals surface area contributed by atoms with Crippen molar-refractivity contribution in [1.82, 2.24) is 9.97 Å². The lowest BCUT2D eigenvalue weighted by Gasteiger charge is -2.19. The second kappa shape index (κ2) is 4.82. The summed E-state index contributed by atoms with van der Waals surface area (Å²) in [6.07, 6.45) is 1.82. The van der Waals surface area contributed by atoms with Gasteiger partial charge >= 0.3 is 0 Å². The first kappa shape index (κ1) is 12.6. The van der Waals surface area contributed by atoms with Gasteiger partial charge in [-0.3, -0.25) is 0 Å². The van der Waals surface area contributed by atoms with Gasteiger partial charge in [-0.15, -0.1) is 0 Å². The van der Waals surface area contributed by atoms with Gasteiger partial charge < -0.3 is 15.5 Å². The molecule has 1 aromatic heterocycles. The maximum absolute atomic E-state index is 5.76. The maximum Gasteiger partial charge on any atom is 0.128 e. The summed E-state index contributed by atoms with van der Waals surface area (Å²) in [5.74, 6) is 1.73. The lowest BCUT2D eigenvalue weighted by Crippen LogP contribution is -2.29. The highest BCUT2D eigenvalue weighted by Gasteiger charge is 2.22. The van der Waals surface area contributed by atoms with Crippen molar-refractivity contribution in [1.29, 1.82) is 0 Å². The summed E-state index contributed by atoms with van der Waals surface area (Å²) < 4.78 is 5.35. The van der Waals surface area contributed by atoms with E-state index in [-0.39, 0.29) is 5.41 Å². The van der Waals surface area contributed by atoms with Crippen molar-refractivity contribution in [2.75, 3.05) is 13.7 Å². The molecule has 0 saturated carbocycles. The van der Waals surface area contributed by atoms with Gasteiger partial charge in [0.05, 0.1) is 19.0 Å². The summed E-state index contributed by atoms with van der Waals surface area (Å²) in [6.45, 7) is 4.68. The minimum atomic E-state index is -0.153. The number of nitrogens with two attached hydrogens (primary N) is 1. The molecule has 0 aliphatic rings. The Labute approximate surface area is 107 Å². The molecule has 2 rings (SSSR count). The van der Waals surface area contributed by atoms with Crippen molar-refractivity contribution in [2.45, 2.75) is 19.3 Å². The van der Waals surface area contributed by atoms with Gasteiger partial charge in [-0.1, -0.05) is 26.0 Å². The van der Waals surface area contributed by atoms with Crippen LogP contribution < -0.4 is 10.5 Å². The van der Waals surface area contributed by atoms with Crippen LogP contribution in [0, 0.1) is 0 Å². The Morgan fingerprint density at radius 2 is 2.06 bits per heavy atom. The Kier molecular flexibility index (Phi) is 3.39. The van der Waals surface area contributed by atoms with Crippen molar-refractivity contribution in [3.8, 4) is 17.0 Å². The van der Waals surface area contributed by atoms with Gasteiger partial charge in [0.15, 0.2) is 0 Å². The number of para-hydroxylation sites is 1. The largest absolute Gasteiger partial charge is 0.496 e. The molecular weight excluding hydrogens is 226 g/mol. The van der Waals surface area contributed by atoms with Crippen molar-refractivity contribution in [3.05, 3.63) is 36.3 Å². The van der Waals surface area contributed by atoms with Gasteiger partial charge in [0.1, 0.15) is 11.6 Å². The maximum atomic E-state index is 5.76. The van der Waals surface area contributed by atoms with E-state index in [9.17, 15) is 0 Å². The molecule has 4 heteroatoms. The quantitative estimate of drug-likeness (QED) is 0.868. The number of rotatable bonds is 4. The molecule has 2 aromatic rings. The number of imidazole rings is 1. The number of nitrogens with zero attached hydrogens (tertiary/aromatic N) is 1. The third-order valence-electron chi connectivity index (χ3n) is 3.12. The van der Waals surface area contributed by atoms with Crippen LogP contribution in [0.3, 0.4) is 0 Å². The molecule has 0 atom stereocenters. The first-order valence-electron chi connectivity index (χ1n) is 5.97. The molecule has 96 valence electrons. The molecule has 0 spiro atoms. The third-order valence-corrected chi connectivity index (χ3v) is 3.12. The average Bonchev–Trinajstić information content (AvgIpc) is 2.89. The number of methoxy groups -OCH3 is 1. The summed E-state index contributed by atoms with van der Waals surface area (Å²) in [7, 11) is 1.67. The highest BCUT2D eigenvalue weighted by Crippen LogP contribution is 2.29. The molecule has 18 heavy (non-hydrogen) atoms. The Morgan fingerprint density at radius 1 is 1.33 bits per heavy atom. The van der Waals surface area contributed by atoms with Gasteiger partial charge in [-0.2, -0.15) is 0 Å². The Balaban J connectivity index is 2.41. The lowest BCUT2D eigenvalue weighted by atomic mass is 9.93. The minimum Gasteiger partial charge on any atom is -0.496 e. The number of ether oxygens (including phenoxy) is 1. The molecule has 0 aliphatic carbocycles. The summed E-state index contributed by atoms with van der Waals surface area (Å²) in [6, 6.07) is 7.87. The molecule has 0 saturated heterocycles. The van der Waals surface area contributed by atoms with Gasteiger partial charge in [0.2, 0.25) is 0 Å². The van der Waals surface area contributed by atoms with Crippen LogP contribution in [0.4, 0.5) is 0 Å². The monoisotopic (exact) mass is 245 g/mol. The highest BCUT2D eigenvalue weighted by molar-refractivity contribution is 5.66. The van der Waals surface area contributed by atoms with Crippen LogP contribution in [-0.4, -0.2) is 23.6 Å². The van der Waals surface area contributed by atoms with E-state index in [4.69, 9.17) is 10.5 Å². The molecule has 0 amide bonds. The van der Waals surface area contributed by atoms with Crippen molar-refractivity contribution < 1.29 is 4.74 Å². The van der Waals surface area contributed by atoms with E-state index in [1.165, 1.54) is 0 Å². The van der Waals surface area contributed by atoms with Gasteiger partial charge in [-0.05, 0) is 12.1 Å². The van der Waals surface area contributed by atoms with E-state index in [1.807, 2.05) is 30.5 Å². The summed E-state index contributed by atoms with van der Waals surface area (Å²) >= 11 is 0. The summed E-state index contributed by atoms with van der Waals surface area (Å²) in [5, 5.41) is 0. The zero-order valence-corrected chi connectivity index (χ0v) is 11.0. The molecule has 0 aliphatic heterocycles. The van der Waals surface area contributed by atoms with E-state index in [0.717, 1.165) is 22.8 Å². The molecule has 0 radical (unpaired) electrons. The van der Waals surface area contributed by atoms with E-state index in [0.29, 0.717) is 6.54 Å². The molecule has 0 unspecified atom stereocenters. The lowest BCUT2D eigenvalue weighted by molar-refractivity contribution is 0.416. The average molecular weight is 245 g/mol. The molecule has 0 fully saturated rings. The fraction of sp³-hybridized carbons (Fsp3) is 0.357. The predicted molar refractivity (Wildman–Crippen MR) is 72.7 cm³/mol. The SMILES string of the molecule is COc1ccccc1-c1cnc(C(C)(C)CN)[nH]1. The highest BCUT2D eigenvalue weighted by atomic mass is 16.5. The van der Waals surface area contributed by atoms with E-state index in [1.54, 1.807) is 7.11 Å². The van der Waals surface area contributed by atoms with Crippen LogP contribution in [0.15, 0.2) is 30.5 Å². The van der Waals surface area contributed by atoms with E-state index >= 15 is 0 Å². The van der Waals surface area contributed by atoms with Crippen LogP contribution in [0.2, 0.25) is 0 Å². The van der Waals surface area contributed by atoms with Crippen LogP contribution in [0.1, 0.15) is 19.7 Å². The number of nitrogens with one attached hydrogen (secondary N) is 1. The second-order valence-corrected chi connectivity index (χ2v) is 4.93.